The molecule has 6 nitrogen and oxygen atoms in total. The van der Waals surface area contributed by atoms with Crippen molar-refractivity contribution in [2.45, 2.75) is 29.1 Å². The molecule has 0 aliphatic heterocycles. The molecular weight excluding hydrogens is 411 g/mol. The number of esters is 1. The number of hydrogen-bond donors (Lipinski definition) is 0. The van der Waals surface area contributed by atoms with Gasteiger partial charge in [0.05, 0.1) is 23.3 Å². The predicted molar refractivity (Wildman–Crippen MR) is 111 cm³/mol. The van der Waals surface area contributed by atoms with Crippen LogP contribution in [0.4, 0.5) is 0 Å². The molecule has 0 bridgehead atoms. The fraction of sp³-hybridized carbons (Fsp3) is 0.381. The van der Waals surface area contributed by atoms with E-state index >= 15 is 0 Å². The molecule has 4 atom stereocenters. The first-order chi connectivity index (χ1) is 13.9. The quantitative estimate of drug-likeness (QED) is 0.454. The maximum atomic E-state index is 13.9. The molecule has 1 aliphatic rings. The molecule has 0 radical (unpaired) electrons. The summed E-state index contributed by atoms with van der Waals surface area (Å²) in [6.45, 7) is 3.78. The maximum absolute atomic E-state index is 13.9. The second-order valence-corrected chi connectivity index (χ2v) is 11.3. The summed E-state index contributed by atoms with van der Waals surface area (Å²) in [4.78, 5) is 13.3. The van der Waals surface area contributed by atoms with Crippen LogP contribution in [0.3, 0.4) is 0 Å². The number of carbonyl (C=O) groups excluding carboxylic acids is 1. The van der Waals surface area contributed by atoms with Crippen molar-refractivity contribution >= 4 is 24.4 Å². The fourth-order valence-corrected chi connectivity index (χ4v) is 8.98. The Morgan fingerprint density at radius 3 is 2.17 bits per heavy atom. The molecule has 0 unspecified atom stereocenters. The summed E-state index contributed by atoms with van der Waals surface area (Å²) in [7, 11) is -3.32. The Morgan fingerprint density at radius 2 is 1.66 bits per heavy atom. The van der Waals surface area contributed by atoms with Crippen LogP contribution in [0, 0.1) is 12.8 Å². The second kappa shape index (κ2) is 8.52. The smallest absolute Gasteiger partial charge is 0.350 e. The zero-order chi connectivity index (χ0) is 21.2. The van der Waals surface area contributed by atoms with Gasteiger partial charge in [-0.05, 0) is 31.5 Å². The molecule has 2 aromatic carbocycles. The molecule has 1 saturated carbocycles. The third kappa shape index (κ3) is 3.50. The Morgan fingerprint density at radius 1 is 1.07 bits per heavy atom. The van der Waals surface area contributed by atoms with Crippen LogP contribution in [0.25, 0.3) is 0 Å². The van der Waals surface area contributed by atoms with Crippen LogP contribution in [0.2, 0.25) is 0 Å². The SMILES string of the molecule is CCOC(=O)[C@@H]1[C@@H](c2ccccc2)[C@@]1([S@@](=O)c1ccc(C)cc1)P(=O)(OC)OC. The van der Waals surface area contributed by atoms with E-state index in [0.717, 1.165) is 11.1 Å². The van der Waals surface area contributed by atoms with Crippen LogP contribution >= 0.6 is 7.60 Å². The van der Waals surface area contributed by atoms with Gasteiger partial charge in [0.1, 0.15) is 0 Å². The predicted octanol–water partition coefficient (Wildman–Crippen LogP) is 4.26. The minimum absolute atomic E-state index is 0.161. The first-order valence-electron chi connectivity index (χ1n) is 9.29. The first-order valence-corrected chi connectivity index (χ1v) is 12.0. The summed E-state index contributed by atoms with van der Waals surface area (Å²) < 4.78 is 42.0. The van der Waals surface area contributed by atoms with Gasteiger partial charge in [0.2, 0.25) is 0 Å². The Hall–Kier alpha value is -1.79. The van der Waals surface area contributed by atoms with Crippen LogP contribution in [-0.4, -0.2) is 35.5 Å². The molecule has 0 aromatic heterocycles. The summed E-state index contributed by atoms with van der Waals surface area (Å²) in [6, 6.07) is 16.2. The lowest BCUT2D eigenvalue weighted by molar-refractivity contribution is -0.144. The van der Waals surface area contributed by atoms with Crippen molar-refractivity contribution in [2.75, 3.05) is 20.8 Å². The van der Waals surface area contributed by atoms with Gasteiger partial charge in [-0.2, -0.15) is 0 Å². The maximum Gasteiger partial charge on any atom is 0.350 e. The number of rotatable bonds is 8. The standard InChI is InChI=1S/C21H25O6PS/c1-5-27-20(22)19-18(16-9-7-6-8-10-16)21(19,28(23,25-3)26-4)29(24)17-13-11-15(2)12-14-17/h6-14,18-19H,5H2,1-4H3/t18-,19+,21+,29+/m1/s1. The van der Waals surface area contributed by atoms with E-state index in [2.05, 4.69) is 0 Å². The van der Waals surface area contributed by atoms with Crippen LogP contribution in [0.15, 0.2) is 59.5 Å². The Balaban J connectivity index is 2.22. The molecule has 3 rings (SSSR count). The van der Waals surface area contributed by atoms with Gasteiger partial charge in [-0.25, -0.2) is 0 Å². The highest BCUT2D eigenvalue weighted by atomic mass is 32.2. The van der Waals surface area contributed by atoms with Gasteiger partial charge in [0.15, 0.2) is 4.49 Å². The largest absolute Gasteiger partial charge is 0.466 e. The van der Waals surface area contributed by atoms with Crippen molar-refractivity contribution in [3.05, 3.63) is 65.7 Å². The normalized spacial score (nSPS) is 24.7. The Labute approximate surface area is 173 Å². The fourth-order valence-electron chi connectivity index (χ4n) is 3.86. The van der Waals surface area contributed by atoms with E-state index in [1.807, 2.05) is 49.4 Å². The van der Waals surface area contributed by atoms with Crippen molar-refractivity contribution < 1.29 is 27.4 Å². The molecule has 0 N–H and O–H groups in total. The Bertz CT molecular complexity index is 937. The molecule has 1 aliphatic carbocycles. The van der Waals surface area contributed by atoms with E-state index < -0.39 is 40.7 Å². The highest BCUT2D eigenvalue weighted by molar-refractivity contribution is 7.95. The molecule has 0 heterocycles. The zero-order valence-electron chi connectivity index (χ0n) is 16.9. The van der Waals surface area contributed by atoms with Gasteiger partial charge in [-0.1, -0.05) is 48.0 Å². The zero-order valence-corrected chi connectivity index (χ0v) is 18.6. The van der Waals surface area contributed by atoms with Gasteiger partial charge in [0, 0.05) is 25.0 Å². The lowest BCUT2D eigenvalue weighted by atomic mass is 10.1. The van der Waals surface area contributed by atoms with Crippen molar-refractivity contribution in [1.29, 1.82) is 0 Å². The molecule has 0 amide bonds. The second-order valence-electron chi connectivity index (χ2n) is 6.81. The molecule has 0 saturated heterocycles. The van der Waals surface area contributed by atoms with Crippen molar-refractivity contribution in [3.63, 3.8) is 0 Å². The average molecular weight is 436 g/mol. The number of aryl methyl sites for hydroxylation is 1. The van der Waals surface area contributed by atoms with Crippen molar-refractivity contribution in [3.8, 4) is 0 Å². The van der Waals surface area contributed by atoms with Gasteiger partial charge < -0.3 is 13.8 Å². The molecular formula is C21H25O6PS. The van der Waals surface area contributed by atoms with E-state index in [1.54, 1.807) is 19.1 Å². The van der Waals surface area contributed by atoms with Gasteiger partial charge in [-0.15, -0.1) is 0 Å². The first kappa shape index (κ1) is 21.9. The average Bonchev–Trinajstić information content (AvgIpc) is 3.46. The number of hydrogen-bond acceptors (Lipinski definition) is 6. The van der Waals surface area contributed by atoms with Crippen LogP contribution < -0.4 is 0 Å². The van der Waals surface area contributed by atoms with Gasteiger partial charge in [-0.3, -0.25) is 13.6 Å². The molecule has 2 aromatic rings. The third-order valence-corrected chi connectivity index (χ3v) is 10.6. The van der Waals surface area contributed by atoms with Gasteiger partial charge in [0.25, 0.3) is 0 Å². The number of benzene rings is 2. The summed E-state index contributed by atoms with van der Waals surface area (Å²) in [5.74, 6) is -2.11. The highest BCUT2D eigenvalue weighted by Crippen LogP contribution is 2.81. The molecule has 156 valence electrons. The van der Waals surface area contributed by atoms with Crippen molar-refractivity contribution in [2.24, 2.45) is 5.92 Å². The molecule has 1 fully saturated rings. The summed E-state index contributed by atoms with van der Waals surface area (Å²) >= 11 is 0. The summed E-state index contributed by atoms with van der Waals surface area (Å²) in [5, 5.41) is 0. The van der Waals surface area contributed by atoms with E-state index in [1.165, 1.54) is 14.2 Å². The molecule has 0 spiro atoms. The summed E-state index contributed by atoms with van der Waals surface area (Å²) in [5.41, 5.74) is 1.74. The molecule has 29 heavy (non-hydrogen) atoms. The topological polar surface area (TPSA) is 78.9 Å². The summed E-state index contributed by atoms with van der Waals surface area (Å²) in [6.07, 6.45) is 0. The van der Waals surface area contributed by atoms with E-state index in [-0.39, 0.29) is 6.61 Å². The number of ether oxygens (including phenoxy) is 1. The number of carbonyl (C=O) groups is 1. The highest BCUT2D eigenvalue weighted by Gasteiger charge is 2.83. The Kier molecular flexibility index (Phi) is 6.44. The van der Waals surface area contributed by atoms with Crippen LogP contribution in [0.1, 0.15) is 24.0 Å². The molecule has 8 heteroatoms. The van der Waals surface area contributed by atoms with E-state index in [9.17, 15) is 13.6 Å². The van der Waals surface area contributed by atoms with Crippen LogP contribution in [-0.2, 0) is 33.9 Å². The van der Waals surface area contributed by atoms with Gasteiger partial charge >= 0.3 is 13.6 Å². The lowest BCUT2D eigenvalue weighted by Gasteiger charge is -2.25. The third-order valence-electron chi connectivity index (χ3n) is 5.26. The lowest BCUT2D eigenvalue weighted by Crippen LogP contribution is -2.27. The van der Waals surface area contributed by atoms with Crippen molar-refractivity contribution in [1.82, 2.24) is 0 Å². The van der Waals surface area contributed by atoms with E-state index in [0.29, 0.717) is 4.90 Å². The minimum Gasteiger partial charge on any atom is -0.466 e. The van der Waals surface area contributed by atoms with Crippen LogP contribution in [0.5, 0.6) is 0 Å². The monoisotopic (exact) mass is 436 g/mol. The van der Waals surface area contributed by atoms with E-state index in [4.69, 9.17) is 13.8 Å². The minimum atomic E-state index is -3.96.